The van der Waals surface area contributed by atoms with Crippen LogP contribution in [-0.4, -0.2) is 18.9 Å². The Morgan fingerprint density at radius 1 is 1.09 bits per heavy atom. The Labute approximate surface area is 133 Å². The van der Waals surface area contributed by atoms with Crippen molar-refractivity contribution in [2.24, 2.45) is 10.8 Å². The maximum absolute atomic E-state index is 12.6. The summed E-state index contributed by atoms with van der Waals surface area (Å²) in [5.74, 6) is -0.474. The van der Waals surface area contributed by atoms with Gasteiger partial charge < -0.3 is 10.1 Å². The summed E-state index contributed by atoms with van der Waals surface area (Å²) in [6.45, 7) is 8.20. The van der Waals surface area contributed by atoms with Crippen LogP contribution in [-0.2, 0) is 20.9 Å². The Balaban J connectivity index is 2.80. The van der Waals surface area contributed by atoms with Gasteiger partial charge in [-0.05, 0) is 24.3 Å². The van der Waals surface area contributed by atoms with E-state index in [1.54, 1.807) is 14.0 Å². The Hall–Kier alpha value is -1.84. The summed E-state index contributed by atoms with van der Waals surface area (Å²) in [6.07, 6.45) is 0.718. The van der Waals surface area contributed by atoms with Crippen molar-refractivity contribution < 1.29 is 14.3 Å². The fourth-order valence-corrected chi connectivity index (χ4v) is 2.72. The van der Waals surface area contributed by atoms with Crippen LogP contribution in [0.3, 0.4) is 0 Å². The molecule has 0 fully saturated rings. The topological polar surface area (TPSA) is 55.4 Å². The standard InChI is InChI=1S/C18H27NO3/c1-17(2,3)13-18(4,11-15(20)19-5)16(21)22-12-14-9-7-6-8-10-14/h6-10H,11-13H2,1-5H3,(H,19,20). The second-order valence-electron chi connectivity index (χ2n) is 7.21. The number of carbonyl (C=O) groups is 2. The summed E-state index contributed by atoms with van der Waals surface area (Å²) < 4.78 is 5.47. The van der Waals surface area contributed by atoms with Gasteiger partial charge in [0.05, 0.1) is 5.41 Å². The van der Waals surface area contributed by atoms with Gasteiger partial charge in [-0.15, -0.1) is 0 Å². The molecular formula is C18H27NO3. The highest BCUT2D eigenvalue weighted by Crippen LogP contribution is 2.37. The summed E-state index contributed by atoms with van der Waals surface area (Å²) in [5, 5.41) is 2.59. The number of hydrogen-bond acceptors (Lipinski definition) is 3. The molecule has 0 heterocycles. The first-order valence-electron chi connectivity index (χ1n) is 7.58. The van der Waals surface area contributed by atoms with Crippen LogP contribution in [0.2, 0.25) is 0 Å². The molecule has 0 aliphatic heterocycles. The van der Waals surface area contributed by atoms with Gasteiger partial charge in [-0.2, -0.15) is 0 Å². The monoisotopic (exact) mass is 305 g/mol. The molecule has 1 rings (SSSR count). The van der Waals surface area contributed by atoms with Gasteiger partial charge in [0.1, 0.15) is 6.61 Å². The van der Waals surface area contributed by atoms with E-state index in [4.69, 9.17) is 4.74 Å². The van der Waals surface area contributed by atoms with E-state index in [1.165, 1.54) is 0 Å². The summed E-state index contributed by atoms with van der Waals surface area (Å²) in [4.78, 5) is 24.3. The fourth-order valence-electron chi connectivity index (χ4n) is 2.72. The lowest BCUT2D eigenvalue weighted by Crippen LogP contribution is -2.38. The first-order valence-corrected chi connectivity index (χ1v) is 7.58. The molecule has 0 aliphatic rings. The number of hydrogen-bond donors (Lipinski definition) is 1. The van der Waals surface area contributed by atoms with Crippen molar-refractivity contribution in [3.63, 3.8) is 0 Å². The molecule has 0 spiro atoms. The number of nitrogens with one attached hydrogen (secondary N) is 1. The molecule has 1 aromatic rings. The molecule has 1 atom stereocenters. The number of rotatable bonds is 6. The Morgan fingerprint density at radius 2 is 1.68 bits per heavy atom. The molecule has 1 N–H and O–H groups in total. The molecule has 4 nitrogen and oxygen atoms in total. The van der Waals surface area contributed by atoms with Crippen molar-refractivity contribution in [1.82, 2.24) is 5.32 Å². The van der Waals surface area contributed by atoms with E-state index in [9.17, 15) is 9.59 Å². The van der Waals surface area contributed by atoms with Crippen LogP contribution in [0.15, 0.2) is 30.3 Å². The molecule has 1 amide bonds. The molecule has 1 unspecified atom stereocenters. The predicted octanol–water partition coefficient (Wildman–Crippen LogP) is 3.31. The molecule has 0 saturated carbocycles. The number of carbonyl (C=O) groups excluding carboxylic acids is 2. The van der Waals surface area contributed by atoms with Crippen LogP contribution in [0, 0.1) is 10.8 Å². The highest BCUT2D eigenvalue weighted by molar-refractivity contribution is 5.85. The molecule has 0 aromatic heterocycles. The van der Waals surface area contributed by atoms with Gasteiger partial charge in [0.15, 0.2) is 0 Å². The minimum absolute atomic E-state index is 0.0749. The molecule has 122 valence electrons. The van der Waals surface area contributed by atoms with Gasteiger partial charge in [-0.1, -0.05) is 51.1 Å². The highest BCUT2D eigenvalue weighted by Gasteiger charge is 2.40. The molecule has 4 heteroatoms. The van der Waals surface area contributed by atoms with Crippen LogP contribution in [0.25, 0.3) is 0 Å². The summed E-state index contributed by atoms with van der Waals surface area (Å²) in [6, 6.07) is 9.55. The number of benzene rings is 1. The first-order chi connectivity index (χ1) is 10.2. The van der Waals surface area contributed by atoms with E-state index in [2.05, 4.69) is 26.1 Å². The lowest BCUT2D eigenvalue weighted by Gasteiger charge is -2.33. The molecule has 0 aliphatic carbocycles. The van der Waals surface area contributed by atoms with E-state index < -0.39 is 5.41 Å². The number of ether oxygens (including phenoxy) is 1. The van der Waals surface area contributed by atoms with Crippen LogP contribution in [0.5, 0.6) is 0 Å². The van der Waals surface area contributed by atoms with E-state index in [0.717, 1.165) is 5.56 Å². The van der Waals surface area contributed by atoms with Gasteiger partial charge in [-0.3, -0.25) is 9.59 Å². The largest absolute Gasteiger partial charge is 0.460 e. The lowest BCUT2D eigenvalue weighted by atomic mass is 9.73. The van der Waals surface area contributed by atoms with E-state index in [-0.39, 0.29) is 30.3 Å². The van der Waals surface area contributed by atoms with Gasteiger partial charge >= 0.3 is 5.97 Å². The smallest absolute Gasteiger partial charge is 0.312 e. The molecule has 0 bridgehead atoms. The number of esters is 1. The van der Waals surface area contributed by atoms with E-state index in [0.29, 0.717) is 6.42 Å². The van der Waals surface area contributed by atoms with E-state index >= 15 is 0 Å². The second kappa shape index (κ2) is 7.43. The quantitative estimate of drug-likeness (QED) is 0.820. The third-order valence-corrected chi connectivity index (χ3v) is 3.46. The van der Waals surface area contributed by atoms with Crippen molar-refractivity contribution >= 4 is 11.9 Å². The van der Waals surface area contributed by atoms with Crippen molar-refractivity contribution in [3.05, 3.63) is 35.9 Å². The number of amides is 1. The van der Waals surface area contributed by atoms with Gasteiger partial charge in [-0.25, -0.2) is 0 Å². The van der Waals surface area contributed by atoms with Crippen LogP contribution in [0.1, 0.15) is 46.1 Å². The van der Waals surface area contributed by atoms with E-state index in [1.807, 2.05) is 30.3 Å². The summed E-state index contributed by atoms with van der Waals surface area (Å²) in [5.41, 5.74) is 0.0377. The molecule has 22 heavy (non-hydrogen) atoms. The zero-order valence-corrected chi connectivity index (χ0v) is 14.2. The average Bonchev–Trinajstić information content (AvgIpc) is 2.43. The van der Waals surface area contributed by atoms with Crippen molar-refractivity contribution in [1.29, 1.82) is 0 Å². The van der Waals surface area contributed by atoms with Crippen molar-refractivity contribution in [2.75, 3.05) is 7.05 Å². The minimum Gasteiger partial charge on any atom is -0.460 e. The fraction of sp³-hybridized carbons (Fsp3) is 0.556. The van der Waals surface area contributed by atoms with Crippen LogP contribution in [0.4, 0.5) is 0 Å². The zero-order chi connectivity index (χ0) is 16.8. The molecule has 0 saturated heterocycles. The lowest BCUT2D eigenvalue weighted by molar-refractivity contribution is -0.160. The highest BCUT2D eigenvalue weighted by atomic mass is 16.5. The van der Waals surface area contributed by atoms with Crippen molar-refractivity contribution in [2.45, 2.75) is 47.1 Å². The van der Waals surface area contributed by atoms with Crippen LogP contribution >= 0.6 is 0 Å². The first kappa shape index (κ1) is 18.2. The summed E-state index contributed by atoms with van der Waals surface area (Å²) in [7, 11) is 1.58. The van der Waals surface area contributed by atoms with Gasteiger partial charge in [0, 0.05) is 13.5 Å². The molecular weight excluding hydrogens is 278 g/mol. The SMILES string of the molecule is CNC(=O)CC(C)(CC(C)(C)C)C(=O)OCc1ccccc1. The predicted molar refractivity (Wildman–Crippen MR) is 87.1 cm³/mol. The van der Waals surface area contributed by atoms with Crippen LogP contribution < -0.4 is 5.32 Å². The van der Waals surface area contributed by atoms with Gasteiger partial charge in [0.2, 0.25) is 5.91 Å². The maximum atomic E-state index is 12.6. The van der Waals surface area contributed by atoms with Crippen molar-refractivity contribution in [3.8, 4) is 0 Å². The van der Waals surface area contributed by atoms with Gasteiger partial charge in [0.25, 0.3) is 0 Å². The maximum Gasteiger partial charge on any atom is 0.312 e. The third kappa shape index (κ3) is 5.88. The zero-order valence-electron chi connectivity index (χ0n) is 14.2. The molecule has 1 aromatic carbocycles. The third-order valence-electron chi connectivity index (χ3n) is 3.46. The second-order valence-corrected chi connectivity index (χ2v) is 7.21. The Kier molecular flexibility index (Phi) is 6.15. The molecule has 0 radical (unpaired) electrons. The average molecular weight is 305 g/mol. The Bertz CT molecular complexity index is 505. The Morgan fingerprint density at radius 3 is 2.18 bits per heavy atom. The summed E-state index contributed by atoms with van der Waals surface area (Å²) >= 11 is 0. The minimum atomic E-state index is -0.826. The normalized spacial score (nSPS) is 14.0.